The molecule has 120 valence electrons. The van der Waals surface area contributed by atoms with Crippen LogP contribution in [0.2, 0.25) is 0 Å². The van der Waals surface area contributed by atoms with Crippen molar-refractivity contribution >= 4 is 49.6 Å². The molecule has 1 heterocycles. The predicted octanol–water partition coefficient (Wildman–Crippen LogP) is 5.64. The van der Waals surface area contributed by atoms with E-state index in [0.717, 1.165) is 22.0 Å². The first-order valence-corrected chi connectivity index (χ1v) is 9.37. The van der Waals surface area contributed by atoms with Crippen molar-refractivity contribution in [2.75, 3.05) is 18.0 Å². The summed E-state index contributed by atoms with van der Waals surface area (Å²) < 4.78 is 4.66. The highest BCUT2D eigenvalue weighted by molar-refractivity contribution is 9.10. The van der Waals surface area contributed by atoms with Crippen LogP contribution in [0.1, 0.15) is 22.3 Å². The van der Waals surface area contributed by atoms with E-state index in [-0.39, 0.29) is 0 Å². The topological polar surface area (TPSA) is 6.25 Å². The second kappa shape index (κ2) is 6.40. The molecule has 0 unspecified atom stereocenters. The number of halogens is 2. The van der Waals surface area contributed by atoms with E-state index < -0.39 is 0 Å². The van der Waals surface area contributed by atoms with Gasteiger partial charge in [0.25, 0.3) is 0 Å². The number of aryl methyl sites for hydroxylation is 4. The van der Waals surface area contributed by atoms with Gasteiger partial charge in [0.1, 0.15) is 24.5 Å². The standard InChI is InChI=1S/C19H21Br2N2/c1-12-7-16(20)8-13(2)18(12)22-5-6-23(11-22)19-14(3)9-17(21)10-15(19)4/h7-11H,5-6H2,1-4H3/q+1. The number of benzene rings is 2. The van der Waals surface area contributed by atoms with Crippen LogP contribution < -0.4 is 4.90 Å². The average Bonchev–Trinajstić information content (AvgIpc) is 2.85. The summed E-state index contributed by atoms with van der Waals surface area (Å²) in [6.07, 6.45) is 2.26. The Kier molecular flexibility index (Phi) is 4.65. The lowest BCUT2D eigenvalue weighted by atomic mass is 10.1. The smallest absolute Gasteiger partial charge is 0.229 e. The number of hydrogen-bond donors (Lipinski definition) is 0. The Morgan fingerprint density at radius 2 is 1.30 bits per heavy atom. The van der Waals surface area contributed by atoms with Gasteiger partial charge in [-0.05, 0) is 74.2 Å². The molecule has 0 radical (unpaired) electrons. The average molecular weight is 437 g/mol. The molecule has 3 rings (SSSR count). The van der Waals surface area contributed by atoms with Crippen LogP contribution in [0.25, 0.3) is 0 Å². The van der Waals surface area contributed by atoms with Gasteiger partial charge in [-0.2, -0.15) is 0 Å². The third kappa shape index (κ3) is 3.24. The molecule has 2 nitrogen and oxygen atoms in total. The van der Waals surface area contributed by atoms with Gasteiger partial charge in [-0.15, -0.1) is 0 Å². The third-order valence-corrected chi connectivity index (χ3v) is 5.26. The highest BCUT2D eigenvalue weighted by Crippen LogP contribution is 2.32. The first-order chi connectivity index (χ1) is 10.9. The van der Waals surface area contributed by atoms with Gasteiger partial charge < -0.3 is 0 Å². The van der Waals surface area contributed by atoms with Crippen LogP contribution in [0.5, 0.6) is 0 Å². The lowest BCUT2D eigenvalue weighted by Crippen LogP contribution is -2.20. The minimum absolute atomic E-state index is 1.01. The van der Waals surface area contributed by atoms with Gasteiger partial charge in [-0.25, -0.2) is 9.48 Å². The number of anilines is 1. The zero-order valence-electron chi connectivity index (χ0n) is 14.0. The van der Waals surface area contributed by atoms with Gasteiger partial charge in [0.2, 0.25) is 6.34 Å². The van der Waals surface area contributed by atoms with Crippen molar-refractivity contribution in [1.82, 2.24) is 0 Å². The summed E-state index contributed by atoms with van der Waals surface area (Å²) in [5.41, 5.74) is 7.86. The summed E-state index contributed by atoms with van der Waals surface area (Å²) in [6.45, 7) is 10.7. The van der Waals surface area contributed by atoms with E-state index >= 15 is 0 Å². The zero-order valence-corrected chi connectivity index (χ0v) is 17.1. The maximum atomic E-state index is 3.59. The molecular formula is C19H21Br2N2+. The van der Waals surface area contributed by atoms with Crippen LogP contribution in [0.15, 0.2) is 33.2 Å². The van der Waals surface area contributed by atoms with Crippen LogP contribution in [-0.2, 0) is 0 Å². The molecule has 0 saturated carbocycles. The first kappa shape index (κ1) is 16.7. The monoisotopic (exact) mass is 435 g/mol. The van der Waals surface area contributed by atoms with E-state index in [1.165, 1.54) is 33.6 Å². The SMILES string of the molecule is Cc1cc(Br)cc(C)c1N1C=[N+](c2c(C)cc(Br)cc2C)CC1. The lowest BCUT2D eigenvalue weighted by Gasteiger charge is -2.13. The number of rotatable bonds is 2. The largest absolute Gasteiger partial charge is 0.244 e. The normalized spacial score (nSPS) is 14.3. The van der Waals surface area contributed by atoms with Crippen molar-refractivity contribution in [3.63, 3.8) is 0 Å². The molecule has 1 aliphatic rings. The van der Waals surface area contributed by atoms with Crippen molar-refractivity contribution in [3.05, 3.63) is 55.5 Å². The molecule has 0 aliphatic carbocycles. The van der Waals surface area contributed by atoms with E-state index in [1.807, 2.05) is 0 Å². The van der Waals surface area contributed by atoms with Gasteiger partial charge in [0.15, 0.2) is 0 Å². The Morgan fingerprint density at radius 1 is 0.826 bits per heavy atom. The highest BCUT2D eigenvalue weighted by Gasteiger charge is 2.27. The number of nitrogens with zero attached hydrogens (tertiary/aromatic N) is 2. The molecule has 2 aromatic carbocycles. The summed E-state index contributed by atoms with van der Waals surface area (Å²) >= 11 is 7.17. The Hall–Kier alpha value is -1.13. The van der Waals surface area contributed by atoms with Gasteiger partial charge in [0.05, 0.1) is 0 Å². The second-order valence-electron chi connectivity index (χ2n) is 6.28. The van der Waals surface area contributed by atoms with Crippen LogP contribution in [0, 0.1) is 27.7 Å². The molecule has 0 N–H and O–H groups in total. The van der Waals surface area contributed by atoms with Crippen molar-refractivity contribution in [2.24, 2.45) is 0 Å². The van der Waals surface area contributed by atoms with E-state index in [9.17, 15) is 0 Å². The first-order valence-electron chi connectivity index (χ1n) is 7.78. The van der Waals surface area contributed by atoms with Crippen molar-refractivity contribution in [1.29, 1.82) is 0 Å². The minimum atomic E-state index is 1.01. The van der Waals surface area contributed by atoms with E-state index in [0.29, 0.717) is 0 Å². The molecule has 0 bridgehead atoms. The summed E-state index contributed by atoms with van der Waals surface area (Å²) in [5.74, 6) is 0. The fourth-order valence-corrected chi connectivity index (χ4v) is 4.92. The molecule has 2 aromatic rings. The van der Waals surface area contributed by atoms with Gasteiger partial charge in [0, 0.05) is 8.95 Å². The molecule has 4 heteroatoms. The maximum absolute atomic E-state index is 3.59. The molecule has 23 heavy (non-hydrogen) atoms. The Labute approximate surface area is 155 Å². The summed E-state index contributed by atoms with van der Waals surface area (Å²) in [5, 5.41) is 0. The fourth-order valence-electron chi connectivity index (χ4n) is 3.55. The van der Waals surface area contributed by atoms with Gasteiger partial charge in [-0.3, -0.25) is 0 Å². The summed E-state index contributed by atoms with van der Waals surface area (Å²) in [7, 11) is 0. The maximum Gasteiger partial charge on any atom is 0.244 e. The Bertz CT molecular complexity index is 763. The summed E-state index contributed by atoms with van der Waals surface area (Å²) in [6, 6.07) is 8.76. The fraction of sp³-hybridized carbons (Fsp3) is 0.316. The van der Waals surface area contributed by atoms with Crippen LogP contribution in [0.3, 0.4) is 0 Å². The lowest BCUT2D eigenvalue weighted by molar-refractivity contribution is -0.425. The minimum Gasteiger partial charge on any atom is -0.229 e. The second-order valence-corrected chi connectivity index (χ2v) is 8.11. The van der Waals surface area contributed by atoms with Gasteiger partial charge in [-0.1, -0.05) is 31.9 Å². The van der Waals surface area contributed by atoms with E-state index in [4.69, 9.17) is 0 Å². The van der Waals surface area contributed by atoms with E-state index in [2.05, 4.69) is 99.6 Å². The number of hydrogen-bond acceptors (Lipinski definition) is 1. The molecule has 0 fully saturated rings. The quantitative estimate of drug-likeness (QED) is 0.552. The summed E-state index contributed by atoms with van der Waals surface area (Å²) in [4.78, 5) is 2.37. The van der Waals surface area contributed by atoms with Gasteiger partial charge >= 0.3 is 0 Å². The molecular weight excluding hydrogens is 416 g/mol. The highest BCUT2D eigenvalue weighted by atomic mass is 79.9. The molecule has 0 spiro atoms. The van der Waals surface area contributed by atoms with Crippen LogP contribution >= 0.6 is 31.9 Å². The van der Waals surface area contributed by atoms with Crippen molar-refractivity contribution < 1.29 is 4.58 Å². The molecule has 0 aromatic heterocycles. The molecule has 0 amide bonds. The van der Waals surface area contributed by atoms with Crippen LogP contribution in [-0.4, -0.2) is 24.0 Å². The molecule has 0 atom stereocenters. The zero-order chi connectivity index (χ0) is 16.7. The van der Waals surface area contributed by atoms with E-state index in [1.54, 1.807) is 0 Å². The Balaban J connectivity index is 2.03. The molecule has 0 saturated heterocycles. The third-order valence-electron chi connectivity index (χ3n) is 4.35. The molecule has 1 aliphatic heterocycles. The Morgan fingerprint density at radius 3 is 1.83 bits per heavy atom. The van der Waals surface area contributed by atoms with Crippen LogP contribution in [0.4, 0.5) is 11.4 Å². The predicted molar refractivity (Wildman–Crippen MR) is 105 cm³/mol. The van der Waals surface area contributed by atoms with Crippen molar-refractivity contribution in [2.45, 2.75) is 27.7 Å². The van der Waals surface area contributed by atoms with Crippen molar-refractivity contribution in [3.8, 4) is 0 Å².